The highest BCUT2D eigenvalue weighted by atomic mass is 32.2. The van der Waals surface area contributed by atoms with Gasteiger partial charge >= 0.3 is 0 Å². The van der Waals surface area contributed by atoms with Crippen molar-refractivity contribution in [1.29, 1.82) is 0 Å². The summed E-state index contributed by atoms with van der Waals surface area (Å²) in [6.07, 6.45) is 2.41. The molecule has 0 aliphatic heterocycles. The van der Waals surface area contributed by atoms with Crippen molar-refractivity contribution in [2.24, 2.45) is 0 Å². The molecule has 0 saturated heterocycles. The smallest absolute Gasteiger partial charge is 0.255 e. The summed E-state index contributed by atoms with van der Waals surface area (Å²) >= 11 is 0. The predicted octanol–water partition coefficient (Wildman–Crippen LogP) is 6.14. The maximum absolute atomic E-state index is 15.4. The Bertz CT molecular complexity index is 1960. The molecule has 4 aromatic carbocycles. The zero-order chi connectivity index (χ0) is 31.4. The molecule has 0 bridgehead atoms. The van der Waals surface area contributed by atoms with Crippen molar-refractivity contribution >= 4 is 38.5 Å². The molecule has 0 aliphatic carbocycles. The van der Waals surface area contributed by atoms with Crippen molar-refractivity contribution in [2.75, 3.05) is 24.6 Å². The van der Waals surface area contributed by atoms with Gasteiger partial charge in [0.05, 0.1) is 17.5 Å². The van der Waals surface area contributed by atoms with Crippen molar-refractivity contribution < 1.29 is 31.2 Å². The lowest BCUT2D eigenvalue weighted by Gasteiger charge is -2.14. The maximum atomic E-state index is 15.4. The van der Waals surface area contributed by atoms with Gasteiger partial charge in [-0.05, 0) is 66.9 Å². The topological polar surface area (TPSA) is 118 Å². The van der Waals surface area contributed by atoms with Crippen LogP contribution < -0.4 is 15.4 Å². The molecule has 0 radical (unpaired) electrons. The Labute approximate surface area is 253 Å². The molecule has 0 saturated carbocycles. The molecular formula is C33H29F2N3O5S. The van der Waals surface area contributed by atoms with Crippen LogP contribution in [0.3, 0.4) is 0 Å². The van der Waals surface area contributed by atoms with Crippen molar-refractivity contribution in [3.05, 3.63) is 113 Å². The molecule has 3 N–H and O–H groups in total. The van der Waals surface area contributed by atoms with Crippen LogP contribution in [0.1, 0.15) is 32.7 Å². The average molecular weight is 618 g/mol. The number of hydrogen-bond donors (Lipinski definition) is 3. The summed E-state index contributed by atoms with van der Waals surface area (Å²) in [5.74, 6) is -2.03. The van der Waals surface area contributed by atoms with Gasteiger partial charge in [-0.2, -0.15) is 0 Å². The number of amides is 2. The summed E-state index contributed by atoms with van der Waals surface area (Å²) < 4.78 is 62.0. The molecule has 0 fully saturated rings. The third kappa shape index (κ3) is 6.78. The van der Waals surface area contributed by atoms with E-state index in [1.165, 1.54) is 55.6 Å². The summed E-state index contributed by atoms with van der Waals surface area (Å²) in [4.78, 5) is 26.1. The van der Waals surface area contributed by atoms with Crippen LogP contribution in [0.15, 0.2) is 89.3 Å². The SMILES string of the molecule is CNC(=O)c1c(-c2ccc(F)cc2)oc2cc(NS(C)(=O)=O)c(-c3cc(C(=O)NCCCc4ccccc4)ccc3F)cc12. The molecule has 0 aliphatic rings. The second-order valence-electron chi connectivity index (χ2n) is 10.2. The number of nitrogens with one attached hydrogen (secondary N) is 3. The predicted molar refractivity (Wildman–Crippen MR) is 166 cm³/mol. The molecule has 0 unspecified atom stereocenters. The minimum Gasteiger partial charge on any atom is -0.455 e. The largest absolute Gasteiger partial charge is 0.455 e. The maximum Gasteiger partial charge on any atom is 0.255 e. The molecule has 5 rings (SSSR count). The van der Waals surface area contributed by atoms with Crippen molar-refractivity contribution in [1.82, 2.24) is 10.6 Å². The minimum atomic E-state index is -3.85. The fourth-order valence-corrected chi connectivity index (χ4v) is 5.49. The lowest BCUT2D eigenvalue weighted by Crippen LogP contribution is -2.24. The highest BCUT2D eigenvalue weighted by molar-refractivity contribution is 7.92. The summed E-state index contributed by atoms with van der Waals surface area (Å²) in [5.41, 5.74) is 1.92. The Balaban J connectivity index is 1.56. The van der Waals surface area contributed by atoms with E-state index >= 15 is 4.39 Å². The first-order valence-electron chi connectivity index (χ1n) is 13.7. The summed E-state index contributed by atoms with van der Waals surface area (Å²) in [7, 11) is -2.42. The van der Waals surface area contributed by atoms with Gasteiger partial charge in [-0.3, -0.25) is 14.3 Å². The highest BCUT2D eigenvalue weighted by Gasteiger charge is 2.25. The molecule has 1 heterocycles. The molecule has 1 aromatic heterocycles. The van der Waals surface area contributed by atoms with Crippen molar-refractivity contribution in [2.45, 2.75) is 12.8 Å². The standard InChI is InChI=1S/C33H29F2N3O5S/c1-36-33(40)30-26-18-25(28(38-44(2,41)42)19-29(26)43-31(30)21-10-13-23(34)14-11-21)24-17-22(12-15-27(24)35)32(39)37-16-6-9-20-7-4-3-5-8-20/h3-5,7-8,10-15,17-19,38H,6,9,16H2,1-2H3,(H,36,40)(H,37,39). The molecule has 226 valence electrons. The van der Waals surface area contributed by atoms with E-state index in [1.807, 2.05) is 30.3 Å². The summed E-state index contributed by atoms with van der Waals surface area (Å²) in [6, 6.07) is 21.7. The van der Waals surface area contributed by atoms with Crippen LogP contribution in [-0.4, -0.2) is 40.1 Å². The van der Waals surface area contributed by atoms with Gasteiger partial charge in [-0.1, -0.05) is 30.3 Å². The number of carbonyl (C=O) groups excluding carboxylic acids is 2. The lowest BCUT2D eigenvalue weighted by atomic mass is 9.97. The van der Waals surface area contributed by atoms with E-state index in [4.69, 9.17) is 4.42 Å². The quantitative estimate of drug-likeness (QED) is 0.163. The Kier molecular flexibility index (Phi) is 8.77. The minimum absolute atomic E-state index is 0.0258. The third-order valence-electron chi connectivity index (χ3n) is 6.97. The number of benzene rings is 4. The fourth-order valence-electron chi connectivity index (χ4n) is 4.92. The Hall–Kier alpha value is -5.03. The van der Waals surface area contributed by atoms with Gasteiger partial charge in [0.25, 0.3) is 11.8 Å². The van der Waals surface area contributed by atoms with Crippen LogP contribution in [-0.2, 0) is 16.4 Å². The molecule has 2 amide bonds. The van der Waals surface area contributed by atoms with E-state index < -0.39 is 33.5 Å². The van der Waals surface area contributed by atoms with E-state index in [2.05, 4.69) is 15.4 Å². The normalized spacial score (nSPS) is 11.4. The Morgan fingerprint density at radius 2 is 1.59 bits per heavy atom. The van der Waals surface area contributed by atoms with E-state index in [1.54, 1.807) is 0 Å². The van der Waals surface area contributed by atoms with Gasteiger partial charge in [0.1, 0.15) is 23.0 Å². The Morgan fingerprint density at radius 3 is 2.27 bits per heavy atom. The van der Waals surface area contributed by atoms with Crippen LogP contribution >= 0.6 is 0 Å². The third-order valence-corrected chi connectivity index (χ3v) is 7.56. The van der Waals surface area contributed by atoms with E-state index in [9.17, 15) is 22.4 Å². The molecule has 8 nitrogen and oxygen atoms in total. The van der Waals surface area contributed by atoms with Gasteiger partial charge in [0, 0.05) is 47.3 Å². The van der Waals surface area contributed by atoms with Crippen LogP contribution in [0.4, 0.5) is 14.5 Å². The first-order valence-corrected chi connectivity index (χ1v) is 15.6. The molecular weight excluding hydrogens is 588 g/mol. The van der Waals surface area contributed by atoms with Gasteiger partial charge in [0.2, 0.25) is 10.0 Å². The fraction of sp³-hybridized carbons (Fsp3) is 0.152. The van der Waals surface area contributed by atoms with Crippen molar-refractivity contribution in [3.63, 3.8) is 0 Å². The molecule has 44 heavy (non-hydrogen) atoms. The molecule has 0 atom stereocenters. The number of rotatable bonds is 10. The molecule has 0 spiro atoms. The van der Waals surface area contributed by atoms with E-state index in [0.29, 0.717) is 18.5 Å². The monoisotopic (exact) mass is 617 g/mol. The molecule has 11 heteroatoms. The summed E-state index contributed by atoms with van der Waals surface area (Å²) in [6.45, 7) is 0.393. The number of furan rings is 1. The second-order valence-corrected chi connectivity index (χ2v) is 11.9. The number of carbonyl (C=O) groups is 2. The number of halogens is 2. The van der Waals surface area contributed by atoms with Gasteiger partial charge in [-0.15, -0.1) is 0 Å². The summed E-state index contributed by atoms with van der Waals surface area (Å²) in [5, 5.41) is 5.65. The number of hydrogen-bond acceptors (Lipinski definition) is 5. The van der Waals surface area contributed by atoms with Gasteiger partial charge < -0.3 is 15.1 Å². The highest BCUT2D eigenvalue weighted by Crippen LogP contribution is 2.41. The Morgan fingerprint density at radius 1 is 0.864 bits per heavy atom. The zero-order valence-electron chi connectivity index (χ0n) is 23.9. The van der Waals surface area contributed by atoms with Crippen LogP contribution in [0.2, 0.25) is 0 Å². The second kappa shape index (κ2) is 12.7. The van der Waals surface area contributed by atoms with Crippen molar-refractivity contribution in [3.8, 4) is 22.5 Å². The van der Waals surface area contributed by atoms with Crippen LogP contribution in [0, 0.1) is 11.6 Å². The van der Waals surface area contributed by atoms with Gasteiger partial charge in [-0.25, -0.2) is 17.2 Å². The average Bonchev–Trinajstić information content (AvgIpc) is 3.37. The molecule has 5 aromatic rings. The zero-order valence-corrected chi connectivity index (χ0v) is 24.7. The number of sulfonamides is 1. The number of aryl methyl sites for hydroxylation is 1. The van der Waals surface area contributed by atoms with Gasteiger partial charge in [0.15, 0.2) is 0 Å². The van der Waals surface area contributed by atoms with E-state index in [0.717, 1.165) is 24.3 Å². The first kappa shape index (κ1) is 30.4. The first-order chi connectivity index (χ1) is 21.0. The van der Waals surface area contributed by atoms with E-state index in [-0.39, 0.29) is 44.7 Å². The van der Waals surface area contributed by atoms with Crippen LogP contribution in [0.25, 0.3) is 33.4 Å². The number of fused-ring (bicyclic) bond motifs is 1. The lowest BCUT2D eigenvalue weighted by molar-refractivity contribution is 0.0949. The number of anilines is 1. The van der Waals surface area contributed by atoms with Crippen LogP contribution in [0.5, 0.6) is 0 Å².